The van der Waals surface area contributed by atoms with E-state index in [9.17, 15) is 0 Å². The number of hydrogen-bond acceptors (Lipinski definition) is 2. The highest BCUT2D eigenvalue weighted by Crippen LogP contribution is 2.19. The molecule has 0 unspecified atom stereocenters. The number of aryl methyl sites for hydroxylation is 1. The van der Waals surface area contributed by atoms with Gasteiger partial charge in [-0.2, -0.15) is 0 Å². The molecule has 2 N–H and O–H groups in total. The third kappa shape index (κ3) is 3.84. The maximum absolute atomic E-state index is 5.82. The molecule has 0 bridgehead atoms. The lowest BCUT2D eigenvalue weighted by atomic mass is 10.1. The first-order chi connectivity index (χ1) is 6.38. The molecule has 1 rings (SSSR count). The first-order valence-corrected chi connectivity index (χ1v) is 5.64. The normalized spacial score (nSPS) is 11.5. The van der Waals surface area contributed by atoms with Crippen molar-refractivity contribution >= 4 is 22.6 Å². The van der Waals surface area contributed by atoms with Gasteiger partial charge in [0.05, 0.1) is 0 Å². The predicted molar refractivity (Wildman–Crippen MR) is 67.7 cm³/mol. The van der Waals surface area contributed by atoms with Crippen molar-refractivity contribution in [3.63, 3.8) is 0 Å². The molecule has 2 nitrogen and oxygen atoms in total. The number of hydrogen-bond donors (Lipinski definition) is 1. The molecular formula is C11H16INO. The second-order valence-corrected chi connectivity index (χ2v) is 5.35. The van der Waals surface area contributed by atoms with Gasteiger partial charge in [-0.1, -0.05) is 0 Å². The summed E-state index contributed by atoms with van der Waals surface area (Å²) in [6.07, 6.45) is 0. The van der Waals surface area contributed by atoms with Crippen molar-refractivity contribution in [3.05, 3.63) is 27.3 Å². The highest BCUT2D eigenvalue weighted by Gasteiger charge is 2.11. The van der Waals surface area contributed by atoms with Crippen LogP contribution in [0.5, 0.6) is 5.75 Å². The molecule has 78 valence electrons. The van der Waals surface area contributed by atoms with Crippen LogP contribution >= 0.6 is 22.6 Å². The van der Waals surface area contributed by atoms with Gasteiger partial charge >= 0.3 is 0 Å². The molecule has 3 heteroatoms. The molecule has 0 aromatic heterocycles. The SMILES string of the molecule is Cc1cc(OCC(C)(C)N)ccc1I. The van der Waals surface area contributed by atoms with Crippen LogP contribution in [-0.2, 0) is 0 Å². The van der Waals surface area contributed by atoms with E-state index in [2.05, 4.69) is 35.6 Å². The van der Waals surface area contributed by atoms with Crippen molar-refractivity contribution in [2.75, 3.05) is 6.61 Å². The van der Waals surface area contributed by atoms with Crippen molar-refractivity contribution in [3.8, 4) is 5.75 Å². The number of nitrogens with two attached hydrogens (primary N) is 1. The van der Waals surface area contributed by atoms with Crippen LogP contribution in [0.1, 0.15) is 19.4 Å². The molecule has 14 heavy (non-hydrogen) atoms. The van der Waals surface area contributed by atoms with Crippen LogP contribution in [0, 0.1) is 10.5 Å². The van der Waals surface area contributed by atoms with Gasteiger partial charge in [0.25, 0.3) is 0 Å². The molecule has 0 radical (unpaired) electrons. The van der Waals surface area contributed by atoms with E-state index in [1.807, 2.05) is 26.0 Å². The average molecular weight is 305 g/mol. The molecular weight excluding hydrogens is 289 g/mol. The van der Waals surface area contributed by atoms with Crippen LogP contribution in [-0.4, -0.2) is 12.1 Å². The Morgan fingerprint density at radius 3 is 2.57 bits per heavy atom. The van der Waals surface area contributed by atoms with E-state index >= 15 is 0 Å². The number of halogens is 1. The van der Waals surface area contributed by atoms with Gasteiger partial charge in [0.1, 0.15) is 12.4 Å². The summed E-state index contributed by atoms with van der Waals surface area (Å²) >= 11 is 2.31. The molecule has 0 aliphatic carbocycles. The summed E-state index contributed by atoms with van der Waals surface area (Å²) in [6, 6.07) is 6.06. The third-order valence-corrected chi connectivity index (χ3v) is 2.95. The Morgan fingerprint density at radius 1 is 1.43 bits per heavy atom. The second kappa shape index (κ2) is 4.49. The molecule has 0 aliphatic heterocycles. The van der Waals surface area contributed by atoms with Crippen molar-refractivity contribution < 1.29 is 4.74 Å². The van der Waals surface area contributed by atoms with Crippen molar-refractivity contribution in [2.24, 2.45) is 5.73 Å². The molecule has 0 saturated carbocycles. The number of ether oxygens (including phenoxy) is 1. The van der Waals surface area contributed by atoms with Gasteiger partial charge in [-0.15, -0.1) is 0 Å². The van der Waals surface area contributed by atoms with E-state index in [-0.39, 0.29) is 5.54 Å². The minimum atomic E-state index is -0.281. The van der Waals surface area contributed by atoms with E-state index in [4.69, 9.17) is 10.5 Å². The molecule has 0 aliphatic rings. The summed E-state index contributed by atoms with van der Waals surface area (Å²) < 4.78 is 6.83. The lowest BCUT2D eigenvalue weighted by Gasteiger charge is -2.19. The van der Waals surface area contributed by atoms with Gasteiger partial charge in [-0.25, -0.2) is 0 Å². The first-order valence-electron chi connectivity index (χ1n) is 4.56. The molecule has 0 atom stereocenters. The highest BCUT2D eigenvalue weighted by atomic mass is 127. The minimum Gasteiger partial charge on any atom is -0.492 e. The Bertz CT molecular complexity index is 318. The van der Waals surface area contributed by atoms with Crippen LogP contribution in [0.15, 0.2) is 18.2 Å². The number of rotatable bonds is 3. The van der Waals surface area contributed by atoms with Crippen molar-refractivity contribution in [1.29, 1.82) is 0 Å². The summed E-state index contributed by atoms with van der Waals surface area (Å²) in [6.45, 7) is 6.51. The summed E-state index contributed by atoms with van der Waals surface area (Å²) in [5.41, 5.74) is 6.78. The van der Waals surface area contributed by atoms with Gasteiger partial charge in [-0.3, -0.25) is 0 Å². The third-order valence-electron chi connectivity index (χ3n) is 1.74. The van der Waals surface area contributed by atoms with Gasteiger partial charge in [-0.05, 0) is 67.1 Å². The Morgan fingerprint density at radius 2 is 2.07 bits per heavy atom. The standard InChI is InChI=1S/C11H16INO/c1-8-6-9(4-5-10(8)12)14-7-11(2,3)13/h4-6H,7,13H2,1-3H3. The molecule has 0 spiro atoms. The molecule has 1 aromatic rings. The average Bonchev–Trinajstić information content (AvgIpc) is 2.06. The maximum Gasteiger partial charge on any atom is 0.119 e. The fourth-order valence-electron chi connectivity index (χ4n) is 0.976. The first kappa shape index (κ1) is 11.8. The van der Waals surface area contributed by atoms with E-state index < -0.39 is 0 Å². The topological polar surface area (TPSA) is 35.2 Å². The molecule has 0 saturated heterocycles. The van der Waals surface area contributed by atoms with Crippen molar-refractivity contribution in [1.82, 2.24) is 0 Å². The maximum atomic E-state index is 5.82. The highest BCUT2D eigenvalue weighted by molar-refractivity contribution is 14.1. The summed E-state index contributed by atoms with van der Waals surface area (Å²) in [7, 11) is 0. The van der Waals surface area contributed by atoms with Gasteiger partial charge < -0.3 is 10.5 Å². The summed E-state index contributed by atoms with van der Waals surface area (Å²) in [4.78, 5) is 0. The summed E-state index contributed by atoms with van der Waals surface area (Å²) in [5, 5.41) is 0. The zero-order valence-electron chi connectivity index (χ0n) is 8.80. The van der Waals surface area contributed by atoms with Crippen molar-refractivity contribution in [2.45, 2.75) is 26.3 Å². The quantitative estimate of drug-likeness (QED) is 0.872. The van der Waals surface area contributed by atoms with Crippen LogP contribution < -0.4 is 10.5 Å². The lowest BCUT2D eigenvalue weighted by molar-refractivity contribution is 0.243. The Balaban J connectivity index is 2.65. The predicted octanol–water partition coefficient (Wildman–Crippen LogP) is 2.72. The lowest BCUT2D eigenvalue weighted by Crippen LogP contribution is -2.38. The molecule has 0 heterocycles. The van der Waals surface area contributed by atoms with Crippen LogP contribution in [0.3, 0.4) is 0 Å². The van der Waals surface area contributed by atoms with E-state index in [0.29, 0.717) is 6.61 Å². The van der Waals surface area contributed by atoms with Crippen LogP contribution in [0.25, 0.3) is 0 Å². The van der Waals surface area contributed by atoms with E-state index in [1.54, 1.807) is 0 Å². The smallest absolute Gasteiger partial charge is 0.119 e. The fraction of sp³-hybridized carbons (Fsp3) is 0.455. The molecule has 1 aromatic carbocycles. The van der Waals surface area contributed by atoms with Crippen LogP contribution in [0.2, 0.25) is 0 Å². The number of benzene rings is 1. The molecule has 0 fully saturated rings. The zero-order chi connectivity index (χ0) is 10.8. The van der Waals surface area contributed by atoms with Gasteiger partial charge in [0.2, 0.25) is 0 Å². The zero-order valence-corrected chi connectivity index (χ0v) is 11.0. The van der Waals surface area contributed by atoms with Crippen LogP contribution in [0.4, 0.5) is 0 Å². The van der Waals surface area contributed by atoms with E-state index in [0.717, 1.165) is 5.75 Å². The van der Waals surface area contributed by atoms with Gasteiger partial charge in [0, 0.05) is 9.11 Å². The summed E-state index contributed by atoms with van der Waals surface area (Å²) in [5.74, 6) is 0.890. The Labute approximate surface area is 99.0 Å². The fourth-order valence-corrected chi connectivity index (χ4v) is 1.31. The monoisotopic (exact) mass is 305 g/mol. The Hall–Kier alpha value is -0.290. The second-order valence-electron chi connectivity index (χ2n) is 4.19. The Kier molecular flexibility index (Phi) is 3.78. The molecule has 0 amide bonds. The van der Waals surface area contributed by atoms with E-state index in [1.165, 1.54) is 9.13 Å². The largest absolute Gasteiger partial charge is 0.492 e. The van der Waals surface area contributed by atoms with Gasteiger partial charge in [0.15, 0.2) is 0 Å². The minimum absolute atomic E-state index is 0.281.